The van der Waals surface area contributed by atoms with Gasteiger partial charge >= 0.3 is 0 Å². The maximum Gasteiger partial charge on any atom is 0.249 e. The molecule has 0 saturated carbocycles. The molecule has 1 amide bonds. The summed E-state index contributed by atoms with van der Waals surface area (Å²) in [5, 5.41) is 4.12. The van der Waals surface area contributed by atoms with E-state index in [0.29, 0.717) is 31.1 Å². The van der Waals surface area contributed by atoms with E-state index in [2.05, 4.69) is 16.2 Å². The van der Waals surface area contributed by atoms with Gasteiger partial charge in [-0.2, -0.15) is 4.98 Å². The van der Waals surface area contributed by atoms with Crippen LogP contribution in [0.5, 0.6) is 0 Å². The number of aromatic nitrogens is 2. The molecule has 2 heterocycles. The van der Waals surface area contributed by atoms with Crippen molar-refractivity contribution in [3.63, 3.8) is 0 Å². The summed E-state index contributed by atoms with van der Waals surface area (Å²) in [5.74, 6) is 0.640. The molecule has 2 aromatic carbocycles. The highest BCUT2D eigenvalue weighted by Crippen LogP contribution is 2.34. The molecule has 1 aromatic heterocycles. The Hall–Kier alpha value is -3.02. The summed E-state index contributed by atoms with van der Waals surface area (Å²) < 4.78 is 19.0. The molecule has 5 nitrogen and oxygen atoms in total. The number of likely N-dealkylation sites (tertiary alicyclic amines) is 1. The van der Waals surface area contributed by atoms with Crippen molar-refractivity contribution in [2.24, 2.45) is 0 Å². The fraction of sp³-hybridized carbons (Fsp3) is 0.286. The van der Waals surface area contributed by atoms with Gasteiger partial charge in [0.1, 0.15) is 11.9 Å². The topological polar surface area (TPSA) is 59.2 Å². The minimum atomic E-state index is -0.314. The molecule has 0 bridgehead atoms. The first-order valence-electron chi connectivity index (χ1n) is 8.96. The maximum atomic E-state index is 13.5. The highest BCUT2D eigenvalue weighted by atomic mass is 19.1. The first kappa shape index (κ1) is 17.4. The molecule has 1 aliphatic rings. The van der Waals surface area contributed by atoms with Crippen LogP contribution in [0.4, 0.5) is 4.39 Å². The Labute approximate surface area is 156 Å². The molecule has 0 aliphatic carbocycles. The van der Waals surface area contributed by atoms with Gasteiger partial charge in [-0.05, 0) is 43.5 Å². The summed E-state index contributed by atoms with van der Waals surface area (Å²) in [6, 6.07) is 12.1. The molecule has 1 unspecified atom stereocenters. The molecule has 1 atom stereocenters. The lowest BCUT2D eigenvalue weighted by Crippen LogP contribution is -2.27. The van der Waals surface area contributed by atoms with Crippen molar-refractivity contribution in [3.05, 3.63) is 70.9 Å². The number of aryl methyl sites for hydroxylation is 2. The van der Waals surface area contributed by atoms with E-state index in [1.54, 1.807) is 17.0 Å². The Bertz CT molecular complexity index is 999. The van der Waals surface area contributed by atoms with E-state index in [1.165, 1.54) is 17.7 Å². The number of rotatable bonds is 4. The van der Waals surface area contributed by atoms with E-state index in [1.807, 2.05) is 26.0 Å². The zero-order chi connectivity index (χ0) is 19.0. The molecule has 27 heavy (non-hydrogen) atoms. The number of hydrogen-bond acceptors (Lipinski definition) is 4. The van der Waals surface area contributed by atoms with Crippen LogP contribution < -0.4 is 0 Å². The lowest BCUT2D eigenvalue weighted by atomic mass is 10.1. The fourth-order valence-electron chi connectivity index (χ4n) is 3.57. The van der Waals surface area contributed by atoms with Crippen LogP contribution in [-0.2, 0) is 11.3 Å². The van der Waals surface area contributed by atoms with Gasteiger partial charge < -0.3 is 9.42 Å². The van der Waals surface area contributed by atoms with Gasteiger partial charge in [-0.15, -0.1) is 0 Å². The highest BCUT2D eigenvalue weighted by Gasteiger charge is 2.36. The minimum absolute atomic E-state index is 0.00975. The molecule has 138 valence electrons. The zero-order valence-electron chi connectivity index (χ0n) is 15.3. The number of carbonyl (C=O) groups excluding carboxylic acids is 1. The van der Waals surface area contributed by atoms with Gasteiger partial charge in [-0.1, -0.05) is 41.1 Å². The van der Waals surface area contributed by atoms with Crippen molar-refractivity contribution >= 4 is 5.91 Å². The third kappa shape index (κ3) is 3.47. The van der Waals surface area contributed by atoms with Crippen LogP contribution >= 0.6 is 0 Å². The summed E-state index contributed by atoms with van der Waals surface area (Å²) in [6.07, 6.45) is 1.03. The molecule has 1 saturated heterocycles. The van der Waals surface area contributed by atoms with Gasteiger partial charge in [0.05, 0.1) is 0 Å². The number of hydrogen-bond donors (Lipinski definition) is 0. The van der Waals surface area contributed by atoms with Gasteiger partial charge in [-0.25, -0.2) is 4.39 Å². The molecule has 1 fully saturated rings. The van der Waals surface area contributed by atoms with Crippen molar-refractivity contribution in [1.82, 2.24) is 15.0 Å². The Balaban J connectivity index is 1.60. The number of amides is 1. The van der Waals surface area contributed by atoms with E-state index >= 15 is 0 Å². The van der Waals surface area contributed by atoms with Gasteiger partial charge in [-0.3, -0.25) is 4.79 Å². The van der Waals surface area contributed by atoms with Crippen LogP contribution in [-0.4, -0.2) is 20.9 Å². The van der Waals surface area contributed by atoms with E-state index in [4.69, 9.17) is 4.52 Å². The Morgan fingerprint density at radius 3 is 2.85 bits per heavy atom. The smallest absolute Gasteiger partial charge is 0.249 e. The van der Waals surface area contributed by atoms with E-state index in [9.17, 15) is 9.18 Å². The van der Waals surface area contributed by atoms with Crippen LogP contribution in [0.15, 0.2) is 47.0 Å². The number of nitrogens with zero attached hydrogens (tertiary/aromatic N) is 3. The first-order chi connectivity index (χ1) is 13.0. The molecular weight excluding hydrogens is 345 g/mol. The van der Waals surface area contributed by atoms with Crippen molar-refractivity contribution in [1.29, 1.82) is 0 Å². The normalized spacial score (nSPS) is 16.9. The largest absolute Gasteiger partial charge is 0.337 e. The van der Waals surface area contributed by atoms with E-state index in [0.717, 1.165) is 16.7 Å². The molecule has 0 N–H and O–H groups in total. The van der Waals surface area contributed by atoms with Gasteiger partial charge in [0.15, 0.2) is 0 Å². The number of carbonyl (C=O) groups is 1. The summed E-state index contributed by atoms with van der Waals surface area (Å²) in [5.41, 5.74) is 3.89. The van der Waals surface area contributed by atoms with Gasteiger partial charge in [0.25, 0.3) is 0 Å². The van der Waals surface area contributed by atoms with E-state index in [-0.39, 0.29) is 17.8 Å². The summed E-state index contributed by atoms with van der Waals surface area (Å²) in [6.45, 7) is 4.36. The summed E-state index contributed by atoms with van der Waals surface area (Å²) >= 11 is 0. The highest BCUT2D eigenvalue weighted by molar-refractivity contribution is 5.78. The van der Waals surface area contributed by atoms with Gasteiger partial charge in [0, 0.05) is 18.5 Å². The monoisotopic (exact) mass is 365 g/mol. The van der Waals surface area contributed by atoms with Crippen LogP contribution in [0.2, 0.25) is 0 Å². The summed E-state index contributed by atoms with van der Waals surface area (Å²) in [7, 11) is 0. The molecule has 0 spiro atoms. The molecule has 3 aromatic rings. The lowest BCUT2D eigenvalue weighted by molar-refractivity contribution is -0.130. The Kier molecular flexibility index (Phi) is 4.48. The third-order valence-electron chi connectivity index (χ3n) is 4.92. The molecule has 0 radical (unpaired) electrons. The second-order valence-electron chi connectivity index (χ2n) is 6.98. The lowest BCUT2D eigenvalue weighted by Gasteiger charge is -2.22. The molecule has 4 rings (SSSR count). The summed E-state index contributed by atoms with van der Waals surface area (Å²) in [4.78, 5) is 18.6. The Morgan fingerprint density at radius 1 is 1.22 bits per heavy atom. The maximum absolute atomic E-state index is 13.5. The van der Waals surface area contributed by atoms with E-state index < -0.39 is 0 Å². The van der Waals surface area contributed by atoms with Crippen LogP contribution in [0.25, 0.3) is 11.4 Å². The second kappa shape index (κ2) is 6.95. The van der Waals surface area contributed by atoms with Crippen LogP contribution in [0, 0.1) is 19.7 Å². The van der Waals surface area contributed by atoms with Crippen molar-refractivity contribution in [2.75, 3.05) is 0 Å². The van der Waals surface area contributed by atoms with Crippen molar-refractivity contribution in [3.8, 4) is 11.4 Å². The van der Waals surface area contributed by atoms with Crippen molar-refractivity contribution < 1.29 is 13.7 Å². The minimum Gasteiger partial charge on any atom is -0.337 e. The quantitative estimate of drug-likeness (QED) is 0.689. The second-order valence-corrected chi connectivity index (χ2v) is 6.98. The van der Waals surface area contributed by atoms with Gasteiger partial charge in [0.2, 0.25) is 17.6 Å². The van der Waals surface area contributed by atoms with Crippen molar-refractivity contribution in [2.45, 2.75) is 39.3 Å². The van der Waals surface area contributed by atoms with Crippen LogP contribution in [0.3, 0.4) is 0 Å². The average molecular weight is 365 g/mol. The Morgan fingerprint density at radius 2 is 2.07 bits per heavy atom. The number of benzene rings is 2. The molecule has 6 heteroatoms. The van der Waals surface area contributed by atoms with Crippen LogP contribution in [0.1, 0.15) is 41.5 Å². The fourth-order valence-corrected chi connectivity index (χ4v) is 3.57. The number of halogens is 1. The third-order valence-corrected chi connectivity index (χ3v) is 4.92. The average Bonchev–Trinajstić information content (AvgIpc) is 3.23. The predicted octanol–water partition coefficient (Wildman–Crippen LogP) is 4.36. The standard InChI is InChI=1S/C21H20FN3O2/c1-13-6-7-17(14(2)10-13)20-23-21(27-24-20)18-8-9-19(26)25(18)12-15-4-3-5-16(22)11-15/h3-7,10-11,18H,8-9,12H2,1-2H3. The first-order valence-corrected chi connectivity index (χ1v) is 8.96. The predicted molar refractivity (Wildman–Crippen MR) is 98.1 cm³/mol. The molecule has 1 aliphatic heterocycles. The molecular formula is C21H20FN3O2. The zero-order valence-corrected chi connectivity index (χ0v) is 15.3. The SMILES string of the molecule is Cc1ccc(-c2noc(C3CCC(=O)N3Cc3cccc(F)c3)n2)c(C)c1.